The molecule has 1 saturated heterocycles. The number of halogens is 1. The Balaban J connectivity index is 0.00000261. The molecule has 1 aromatic heterocycles. The number of rotatable bonds is 8. The molecule has 0 aromatic carbocycles. The van der Waals surface area contributed by atoms with E-state index in [1.165, 1.54) is 18.4 Å². The maximum absolute atomic E-state index is 12.7. The van der Waals surface area contributed by atoms with Gasteiger partial charge in [-0.05, 0) is 56.6 Å². The molecule has 2 fully saturated rings. The highest BCUT2D eigenvalue weighted by atomic mass is 35.5. The highest BCUT2D eigenvalue weighted by Gasteiger charge is 2.44. The third kappa shape index (κ3) is 5.66. The molecule has 2 heterocycles. The second kappa shape index (κ2) is 9.35. The molecule has 2 atom stereocenters. The molecule has 27 heavy (non-hydrogen) atoms. The summed E-state index contributed by atoms with van der Waals surface area (Å²) in [5.41, 5.74) is 1.90. The number of hydrogen-bond acceptors (Lipinski definition) is 4. The molecule has 0 bridgehead atoms. The van der Waals surface area contributed by atoms with Gasteiger partial charge < -0.3 is 10.1 Å². The molecule has 2 aliphatic rings. The van der Waals surface area contributed by atoms with Crippen molar-refractivity contribution in [2.75, 3.05) is 26.8 Å². The van der Waals surface area contributed by atoms with E-state index in [1.807, 2.05) is 20.0 Å². The Bertz CT molecular complexity index is 616. The lowest BCUT2D eigenvalue weighted by Crippen LogP contribution is -2.48. The van der Waals surface area contributed by atoms with E-state index in [4.69, 9.17) is 4.74 Å². The zero-order chi connectivity index (χ0) is 18.7. The van der Waals surface area contributed by atoms with E-state index in [2.05, 4.69) is 34.3 Å². The van der Waals surface area contributed by atoms with Crippen LogP contribution in [-0.2, 0) is 22.5 Å². The van der Waals surface area contributed by atoms with Gasteiger partial charge in [0.1, 0.15) is 0 Å². The molecule has 1 aromatic rings. The van der Waals surface area contributed by atoms with Gasteiger partial charge in [0.25, 0.3) is 0 Å². The molecule has 152 valence electrons. The van der Waals surface area contributed by atoms with Crippen molar-refractivity contribution in [2.45, 2.75) is 52.6 Å². The summed E-state index contributed by atoms with van der Waals surface area (Å²) < 4.78 is 5.22. The number of carbonyl (C=O) groups excluding carboxylic acids is 1. The smallest absolute Gasteiger partial charge is 0.228 e. The van der Waals surface area contributed by atoms with Crippen LogP contribution in [0.15, 0.2) is 18.3 Å². The van der Waals surface area contributed by atoms with Gasteiger partial charge in [-0.3, -0.25) is 14.7 Å². The zero-order valence-corrected chi connectivity index (χ0v) is 17.8. The maximum Gasteiger partial charge on any atom is 0.228 e. The van der Waals surface area contributed by atoms with E-state index >= 15 is 0 Å². The standard InChI is InChI=1S/C21H33N3O2.ClH/c1-5-15-6-9-17(22-10-15)11-24-12-18(16-7-8-16)19(13-24)23-20(25)21(2,3)14-26-4;/h6,9-10,16,18-19H,5,7-8,11-14H2,1-4H3,(H,23,25);1H/t18-,19+;/m1./s1. The number of carbonyl (C=O) groups is 1. The Kier molecular flexibility index (Phi) is 7.66. The molecule has 3 rings (SSSR count). The van der Waals surface area contributed by atoms with Crippen LogP contribution in [0.2, 0.25) is 0 Å². The Morgan fingerprint density at radius 1 is 1.33 bits per heavy atom. The predicted octanol–water partition coefficient (Wildman–Crippen LogP) is 3.07. The normalized spacial score (nSPS) is 23.1. The number of nitrogens with one attached hydrogen (secondary N) is 1. The summed E-state index contributed by atoms with van der Waals surface area (Å²) in [5, 5.41) is 3.33. The monoisotopic (exact) mass is 395 g/mol. The first kappa shape index (κ1) is 22.1. The molecule has 1 aliphatic carbocycles. The fraction of sp³-hybridized carbons (Fsp3) is 0.714. The average Bonchev–Trinajstić information content (AvgIpc) is 3.38. The van der Waals surface area contributed by atoms with Crippen LogP contribution in [0.25, 0.3) is 0 Å². The zero-order valence-electron chi connectivity index (χ0n) is 17.0. The molecular weight excluding hydrogens is 362 g/mol. The highest BCUT2D eigenvalue weighted by Crippen LogP contribution is 2.42. The first-order valence-electron chi connectivity index (χ1n) is 9.89. The van der Waals surface area contributed by atoms with Gasteiger partial charge in [0.15, 0.2) is 0 Å². The highest BCUT2D eigenvalue weighted by molar-refractivity contribution is 5.85. The summed E-state index contributed by atoms with van der Waals surface area (Å²) in [4.78, 5) is 19.8. The number of hydrogen-bond donors (Lipinski definition) is 1. The number of pyridine rings is 1. The van der Waals surface area contributed by atoms with Gasteiger partial charge in [0.05, 0.1) is 17.7 Å². The van der Waals surface area contributed by atoms with E-state index in [0.29, 0.717) is 12.5 Å². The topological polar surface area (TPSA) is 54.5 Å². The quantitative estimate of drug-likeness (QED) is 0.735. The Morgan fingerprint density at radius 3 is 2.63 bits per heavy atom. The van der Waals surface area contributed by atoms with Gasteiger partial charge in [0, 0.05) is 39.0 Å². The van der Waals surface area contributed by atoms with Gasteiger partial charge >= 0.3 is 0 Å². The molecule has 1 aliphatic heterocycles. The van der Waals surface area contributed by atoms with Gasteiger partial charge in [-0.15, -0.1) is 12.4 Å². The molecule has 1 saturated carbocycles. The number of likely N-dealkylation sites (tertiary alicyclic amines) is 1. The first-order chi connectivity index (χ1) is 12.4. The summed E-state index contributed by atoms with van der Waals surface area (Å²) in [6.07, 6.45) is 5.61. The second-order valence-electron chi connectivity index (χ2n) is 8.60. The Hall–Kier alpha value is -1.17. The third-order valence-electron chi connectivity index (χ3n) is 5.78. The first-order valence-corrected chi connectivity index (χ1v) is 9.89. The fourth-order valence-corrected chi connectivity index (χ4v) is 3.97. The number of methoxy groups -OCH3 is 1. The molecule has 1 N–H and O–H groups in total. The number of aryl methyl sites for hydroxylation is 1. The molecule has 0 unspecified atom stereocenters. The fourth-order valence-electron chi connectivity index (χ4n) is 3.97. The third-order valence-corrected chi connectivity index (χ3v) is 5.78. The Morgan fingerprint density at radius 2 is 2.07 bits per heavy atom. The van der Waals surface area contributed by atoms with Crippen LogP contribution in [0.1, 0.15) is 44.9 Å². The summed E-state index contributed by atoms with van der Waals surface area (Å²) in [5.74, 6) is 1.43. The molecular formula is C21H34ClN3O2. The van der Waals surface area contributed by atoms with Crippen molar-refractivity contribution in [2.24, 2.45) is 17.3 Å². The average molecular weight is 396 g/mol. The Labute approximate surface area is 169 Å². The minimum atomic E-state index is -0.492. The van der Waals surface area contributed by atoms with Crippen LogP contribution >= 0.6 is 12.4 Å². The minimum Gasteiger partial charge on any atom is -0.384 e. The summed E-state index contributed by atoms with van der Waals surface area (Å²) >= 11 is 0. The van der Waals surface area contributed by atoms with Crippen molar-refractivity contribution in [3.63, 3.8) is 0 Å². The van der Waals surface area contributed by atoms with Gasteiger partial charge in [-0.1, -0.05) is 13.0 Å². The molecule has 5 nitrogen and oxygen atoms in total. The minimum absolute atomic E-state index is 0. The van der Waals surface area contributed by atoms with E-state index in [0.717, 1.165) is 37.7 Å². The van der Waals surface area contributed by atoms with Crippen molar-refractivity contribution >= 4 is 18.3 Å². The van der Waals surface area contributed by atoms with Crippen molar-refractivity contribution < 1.29 is 9.53 Å². The van der Waals surface area contributed by atoms with Crippen molar-refractivity contribution in [3.8, 4) is 0 Å². The maximum atomic E-state index is 12.7. The van der Waals surface area contributed by atoms with E-state index < -0.39 is 5.41 Å². The van der Waals surface area contributed by atoms with Crippen LogP contribution in [0.3, 0.4) is 0 Å². The van der Waals surface area contributed by atoms with Crippen LogP contribution < -0.4 is 5.32 Å². The van der Waals surface area contributed by atoms with Crippen LogP contribution in [-0.4, -0.2) is 48.6 Å². The second-order valence-corrected chi connectivity index (χ2v) is 8.60. The predicted molar refractivity (Wildman–Crippen MR) is 110 cm³/mol. The van der Waals surface area contributed by atoms with Gasteiger partial charge in [-0.25, -0.2) is 0 Å². The van der Waals surface area contributed by atoms with Crippen LogP contribution in [0, 0.1) is 17.3 Å². The lowest BCUT2D eigenvalue weighted by Gasteiger charge is -2.27. The van der Waals surface area contributed by atoms with Crippen molar-refractivity contribution in [1.82, 2.24) is 15.2 Å². The molecule has 6 heteroatoms. The molecule has 0 spiro atoms. The summed E-state index contributed by atoms with van der Waals surface area (Å²) in [6.45, 7) is 9.31. The number of amides is 1. The molecule has 0 radical (unpaired) electrons. The van der Waals surface area contributed by atoms with Crippen molar-refractivity contribution in [1.29, 1.82) is 0 Å². The van der Waals surface area contributed by atoms with Crippen LogP contribution in [0.5, 0.6) is 0 Å². The summed E-state index contributed by atoms with van der Waals surface area (Å²) in [7, 11) is 1.65. The number of aromatic nitrogens is 1. The van der Waals surface area contributed by atoms with Gasteiger partial charge in [-0.2, -0.15) is 0 Å². The van der Waals surface area contributed by atoms with Crippen molar-refractivity contribution in [3.05, 3.63) is 29.6 Å². The SMILES string of the molecule is CCc1ccc(CN2C[C@H](NC(=O)C(C)(C)COC)[C@@H](C3CC3)C2)nc1.Cl. The summed E-state index contributed by atoms with van der Waals surface area (Å²) in [6, 6.07) is 4.54. The molecule has 1 amide bonds. The number of nitrogens with zero attached hydrogens (tertiary/aromatic N) is 2. The largest absolute Gasteiger partial charge is 0.384 e. The van der Waals surface area contributed by atoms with Gasteiger partial charge in [0.2, 0.25) is 5.91 Å². The van der Waals surface area contributed by atoms with E-state index in [-0.39, 0.29) is 24.4 Å². The lowest BCUT2D eigenvalue weighted by atomic mass is 9.91. The number of ether oxygens (including phenoxy) is 1. The lowest BCUT2D eigenvalue weighted by molar-refractivity contribution is -0.132. The van der Waals surface area contributed by atoms with E-state index in [1.54, 1.807) is 7.11 Å². The van der Waals surface area contributed by atoms with E-state index in [9.17, 15) is 4.79 Å². The van der Waals surface area contributed by atoms with Crippen LogP contribution in [0.4, 0.5) is 0 Å².